The molecule has 0 fully saturated rings. The molecule has 0 radical (unpaired) electrons. The summed E-state index contributed by atoms with van der Waals surface area (Å²) in [7, 11) is -2.98. The molecule has 0 amide bonds. The highest BCUT2D eigenvalue weighted by atomic mass is 35.5. The summed E-state index contributed by atoms with van der Waals surface area (Å²) in [6, 6.07) is 0. The molecule has 0 aromatic heterocycles. The van der Waals surface area contributed by atoms with E-state index in [1.54, 1.807) is 13.8 Å². The van der Waals surface area contributed by atoms with Gasteiger partial charge in [0.1, 0.15) is 0 Å². The zero-order valence-electron chi connectivity index (χ0n) is 8.66. The van der Waals surface area contributed by atoms with E-state index in [9.17, 15) is 4.57 Å². The first-order chi connectivity index (χ1) is 6.61. The minimum atomic E-state index is -2.98. The van der Waals surface area contributed by atoms with Crippen LogP contribution in [0.4, 0.5) is 0 Å². The molecule has 0 rings (SSSR count). The summed E-state index contributed by atoms with van der Waals surface area (Å²) in [6.07, 6.45) is 2.12. The van der Waals surface area contributed by atoms with E-state index >= 15 is 0 Å². The molecule has 14 heavy (non-hydrogen) atoms. The fourth-order valence-corrected chi connectivity index (χ4v) is 3.91. The van der Waals surface area contributed by atoms with Crippen molar-refractivity contribution in [2.24, 2.45) is 0 Å². The van der Waals surface area contributed by atoms with Crippen LogP contribution in [0, 0.1) is 0 Å². The SMILES string of the molecule is CCOP(=O)(C/C(=C\Cl)SC)OCC. The quantitative estimate of drug-likeness (QED) is 0.653. The van der Waals surface area contributed by atoms with Gasteiger partial charge in [0.25, 0.3) is 0 Å². The Morgan fingerprint density at radius 2 is 1.93 bits per heavy atom. The smallest absolute Gasteiger partial charge is 0.309 e. The minimum absolute atomic E-state index is 0.249. The summed E-state index contributed by atoms with van der Waals surface area (Å²) >= 11 is 7.00. The predicted octanol–water partition coefficient (Wildman–Crippen LogP) is 3.70. The largest absolute Gasteiger partial charge is 0.335 e. The van der Waals surface area contributed by atoms with Gasteiger partial charge < -0.3 is 9.05 Å². The van der Waals surface area contributed by atoms with Crippen molar-refractivity contribution in [3.05, 3.63) is 10.4 Å². The molecule has 0 atom stereocenters. The number of allylic oxidation sites excluding steroid dienone is 1. The Morgan fingerprint density at radius 1 is 1.43 bits per heavy atom. The summed E-state index contributed by atoms with van der Waals surface area (Å²) in [4.78, 5) is 0.803. The Morgan fingerprint density at radius 3 is 2.21 bits per heavy atom. The van der Waals surface area contributed by atoms with Crippen LogP contribution in [0.1, 0.15) is 13.8 Å². The van der Waals surface area contributed by atoms with Crippen molar-refractivity contribution < 1.29 is 13.6 Å². The monoisotopic (exact) mass is 258 g/mol. The molecule has 6 heteroatoms. The second-order valence-corrected chi connectivity index (χ2v) is 5.59. The third kappa shape index (κ3) is 5.42. The number of halogens is 1. The van der Waals surface area contributed by atoms with Crippen LogP contribution in [0.5, 0.6) is 0 Å². The number of hydrogen-bond acceptors (Lipinski definition) is 4. The van der Waals surface area contributed by atoms with Gasteiger partial charge in [-0.15, -0.1) is 11.8 Å². The van der Waals surface area contributed by atoms with Gasteiger partial charge >= 0.3 is 7.60 Å². The maximum atomic E-state index is 12.0. The molecule has 0 aliphatic heterocycles. The van der Waals surface area contributed by atoms with Crippen LogP contribution < -0.4 is 0 Å². The summed E-state index contributed by atoms with van der Waals surface area (Å²) in [5.74, 6) is 0. The second-order valence-electron chi connectivity index (χ2n) is 2.38. The Bertz CT molecular complexity index is 223. The van der Waals surface area contributed by atoms with Crippen LogP contribution in [0.15, 0.2) is 10.4 Å². The highest BCUT2D eigenvalue weighted by molar-refractivity contribution is 8.02. The summed E-state index contributed by atoms with van der Waals surface area (Å²) in [6.45, 7) is 4.33. The lowest BCUT2D eigenvalue weighted by atomic mass is 10.7. The van der Waals surface area contributed by atoms with Gasteiger partial charge in [0, 0.05) is 10.4 Å². The average molecular weight is 259 g/mol. The van der Waals surface area contributed by atoms with Gasteiger partial charge in [-0.05, 0) is 20.1 Å². The molecule has 0 aliphatic rings. The fourth-order valence-electron chi connectivity index (χ4n) is 0.856. The van der Waals surface area contributed by atoms with Crippen LogP contribution in [0.3, 0.4) is 0 Å². The summed E-state index contributed by atoms with van der Waals surface area (Å²) in [5, 5.41) is 0. The molecule has 0 bridgehead atoms. The van der Waals surface area contributed by atoms with E-state index in [-0.39, 0.29) is 6.16 Å². The zero-order chi connectivity index (χ0) is 11.0. The van der Waals surface area contributed by atoms with E-state index in [2.05, 4.69) is 0 Å². The standard InChI is InChI=1S/C8H16ClO3PS/c1-4-11-13(10,12-5-2)7-8(6-9)14-3/h6H,4-5,7H2,1-3H3/b8-6+. The van der Waals surface area contributed by atoms with Gasteiger partial charge in [-0.3, -0.25) is 4.57 Å². The van der Waals surface area contributed by atoms with E-state index in [0.717, 1.165) is 4.91 Å². The van der Waals surface area contributed by atoms with Crippen molar-refractivity contribution in [3.63, 3.8) is 0 Å². The van der Waals surface area contributed by atoms with Crippen LogP contribution >= 0.6 is 31.0 Å². The zero-order valence-corrected chi connectivity index (χ0v) is 11.1. The highest BCUT2D eigenvalue weighted by Gasteiger charge is 2.24. The Labute approximate surface area is 94.7 Å². The fraction of sp³-hybridized carbons (Fsp3) is 0.750. The topological polar surface area (TPSA) is 35.5 Å². The van der Waals surface area contributed by atoms with Gasteiger partial charge in [-0.1, -0.05) is 11.6 Å². The molecule has 0 heterocycles. The maximum absolute atomic E-state index is 12.0. The van der Waals surface area contributed by atoms with E-state index in [1.807, 2.05) is 6.26 Å². The van der Waals surface area contributed by atoms with Crippen LogP contribution in [-0.2, 0) is 13.6 Å². The molecule has 0 aliphatic carbocycles. The number of hydrogen-bond donors (Lipinski definition) is 0. The first kappa shape index (κ1) is 14.5. The van der Waals surface area contributed by atoms with Crippen molar-refractivity contribution in [1.29, 1.82) is 0 Å². The molecule has 0 spiro atoms. The van der Waals surface area contributed by atoms with Crippen molar-refractivity contribution in [1.82, 2.24) is 0 Å². The lowest BCUT2D eigenvalue weighted by molar-refractivity contribution is 0.222. The van der Waals surface area contributed by atoms with E-state index in [1.165, 1.54) is 17.3 Å². The predicted molar refractivity (Wildman–Crippen MR) is 63.2 cm³/mol. The van der Waals surface area contributed by atoms with Crippen molar-refractivity contribution in [2.45, 2.75) is 13.8 Å². The van der Waals surface area contributed by atoms with Crippen molar-refractivity contribution >= 4 is 31.0 Å². The summed E-state index contributed by atoms with van der Waals surface area (Å²) in [5.41, 5.74) is 1.41. The number of rotatable bonds is 7. The molecule has 0 unspecified atom stereocenters. The molecule has 3 nitrogen and oxygen atoms in total. The first-order valence-electron chi connectivity index (χ1n) is 4.33. The average Bonchev–Trinajstić information content (AvgIpc) is 2.15. The van der Waals surface area contributed by atoms with Gasteiger partial charge in [-0.25, -0.2) is 0 Å². The molecular weight excluding hydrogens is 243 g/mol. The van der Waals surface area contributed by atoms with Gasteiger partial charge in [0.15, 0.2) is 0 Å². The molecule has 0 aromatic rings. The third-order valence-electron chi connectivity index (χ3n) is 1.38. The van der Waals surface area contributed by atoms with E-state index < -0.39 is 7.60 Å². The van der Waals surface area contributed by atoms with E-state index in [0.29, 0.717) is 13.2 Å². The lowest BCUT2D eigenvalue weighted by Gasteiger charge is -2.17. The maximum Gasteiger partial charge on any atom is 0.335 e. The lowest BCUT2D eigenvalue weighted by Crippen LogP contribution is -2.00. The van der Waals surface area contributed by atoms with Crippen LogP contribution in [0.2, 0.25) is 0 Å². The normalized spacial score (nSPS) is 13.3. The number of thioether (sulfide) groups is 1. The first-order valence-corrected chi connectivity index (χ1v) is 7.72. The highest BCUT2D eigenvalue weighted by Crippen LogP contribution is 2.50. The molecule has 0 aromatic carbocycles. The van der Waals surface area contributed by atoms with Crippen molar-refractivity contribution in [2.75, 3.05) is 25.6 Å². The molecule has 0 N–H and O–H groups in total. The third-order valence-corrected chi connectivity index (χ3v) is 4.81. The molecule has 84 valence electrons. The van der Waals surface area contributed by atoms with Gasteiger partial charge in [0.05, 0.1) is 19.4 Å². The second kappa shape index (κ2) is 7.77. The van der Waals surface area contributed by atoms with Crippen LogP contribution in [0.25, 0.3) is 0 Å². The molecular formula is C8H16ClO3PS. The van der Waals surface area contributed by atoms with E-state index in [4.69, 9.17) is 20.6 Å². The summed E-state index contributed by atoms with van der Waals surface area (Å²) < 4.78 is 22.2. The van der Waals surface area contributed by atoms with Crippen LogP contribution in [-0.4, -0.2) is 25.6 Å². The minimum Gasteiger partial charge on any atom is -0.309 e. The Balaban J connectivity index is 4.42. The Hall–Kier alpha value is 0.530. The van der Waals surface area contributed by atoms with Gasteiger partial charge in [0.2, 0.25) is 0 Å². The van der Waals surface area contributed by atoms with Crippen molar-refractivity contribution in [3.8, 4) is 0 Å². The van der Waals surface area contributed by atoms with Gasteiger partial charge in [-0.2, -0.15) is 0 Å². The Kier molecular flexibility index (Phi) is 8.07. The molecule has 0 saturated heterocycles. The molecule has 0 saturated carbocycles.